The molecule has 0 amide bonds. The van der Waals surface area contributed by atoms with E-state index in [1.54, 1.807) is 0 Å². The third-order valence-corrected chi connectivity index (χ3v) is 12.3. The van der Waals surface area contributed by atoms with Crippen molar-refractivity contribution in [2.24, 2.45) is 11.8 Å². The lowest BCUT2D eigenvalue weighted by Gasteiger charge is -2.38. The van der Waals surface area contributed by atoms with Crippen LogP contribution in [0.5, 0.6) is 0 Å². The van der Waals surface area contributed by atoms with Gasteiger partial charge in [0.25, 0.3) is 0 Å². The van der Waals surface area contributed by atoms with Gasteiger partial charge in [0, 0.05) is 28.9 Å². The Labute approximate surface area is 330 Å². The number of allylic oxidation sites excluding steroid dienone is 13. The maximum Gasteiger partial charge on any atom is 0.0710 e. The van der Waals surface area contributed by atoms with Crippen molar-refractivity contribution in [3.63, 3.8) is 0 Å². The SMILES string of the molecule is C=C1C=CC=CC1C1C=C(N(C2=CC3=C(CC2)c2ccccc2C3(c2ccccc2)c2ccccc2)c2ccc(-c3cccc4ccccc34)cc2)C=CC1=C. The molecule has 0 heterocycles. The van der Waals surface area contributed by atoms with E-state index in [9.17, 15) is 0 Å². The highest BCUT2D eigenvalue weighted by atomic mass is 15.2. The zero-order valence-corrected chi connectivity index (χ0v) is 31.5. The molecule has 268 valence electrons. The molecule has 4 aliphatic rings. The molecule has 0 aliphatic heterocycles. The van der Waals surface area contributed by atoms with E-state index in [0.717, 1.165) is 35.4 Å². The smallest absolute Gasteiger partial charge is 0.0710 e. The molecule has 1 nitrogen and oxygen atoms in total. The fourth-order valence-electron chi connectivity index (χ4n) is 9.72. The first kappa shape index (κ1) is 33.8. The summed E-state index contributed by atoms with van der Waals surface area (Å²) in [7, 11) is 0. The first-order chi connectivity index (χ1) is 27.6. The lowest BCUT2D eigenvalue weighted by molar-refractivity contribution is 0.621. The highest BCUT2D eigenvalue weighted by Gasteiger charge is 2.48. The van der Waals surface area contributed by atoms with E-state index in [2.05, 4.69) is 218 Å². The molecule has 0 aromatic heterocycles. The van der Waals surface area contributed by atoms with Crippen molar-refractivity contribution in [3.8, 4) is 11.1 Å². The second-order valence-corrected chi connectivity index (χ2v) is 15.3. The first-order valence-corrected chi connectivity index (χ1v) is 19.8. The number of rotatable bonds is 7. The summed E-state index contributed by atoms with van der Waals surface area (Å²) in [6.07, 6.45) is 19.9. The largest absolute Gasteiger partial charge is 0.315 e. The van der Waals surface area contributed by atoms with Gasteiger partial charge in [-0.05, 0) is 104 Å². The van der Waals surface area contributed by atoms with Gasteiger partial charge in [-0.3, -0.25) is 0 Å². The molecule has 0 saturated carbocycles. The minimum atomic E-state index is -0.450. The monoisotopic (exact) mass is 717 g/mol. The Morgan fingerprint density at radius 3 is 1.98 bits per heavy atom. The standard InChI is InChI=1S/C55H43N/c1-38-16-9-11-23-47(38)52-36-45(31-28-39(52)2)56(44-32-29-41(30-33-44)49-26-15-18-40-17-10-12-24-48(40)49)46-34-35-51-50-25-13-14-27-53(50)55(54(51)37-46,42-19-5-3-6-20-42)43-21-7-4-8-22-43/h3-33,36-37,47,52H,1-2,34-35H2. The number of benzene rings is 6. The van der Waals surface area contributed by atoms with E-state index < -0.39 is 5.41 Å². The Balaban J connectivity index is 1.16. The maximum absolute atomic E-state index is 4.54. The van der Waals surface area contributed by atoms with Crippen LogP contribution in [0.2, 0.25) is 0 Å². The third kappa shape index (κ3) is 5.46. The van der Waals surface area contributed by atoms with E-state index >= 15 is 0 Å². The minimum Gasteiger partial charge on any atom is -0.315 e. The van der Waals surface area contributed by atoms with Crippen molar-refractivity contribution in [2.45, 2.75) is 18.3 Å². The van der Waals surface area contributed by atoms with Gasteiger partial charge in [0.15, 0.2) is 0 Å². The number of hydrogen-bond donors (Lipinski definition) is 0. The van der Waals surface area contributed by atoms with Gasteiger partial charge < -0.3 is 4.90 Å². The first-order valence-electron chi connectivity index (χ1n) is 19.8. The van der Waals surface area contributed by atoms with E-state index in [1.165, 1.54) is 61.0 Å². The topological polar surface area (TPSA) is 3.24 Å². The molecule has 4 aliphatic carbocycles. The molecular weight excluding hydrogens is 675 g/mol. The van der Waals surface area contributed by atoms with E-state index in [4.69, 9.17) is 0 Å². The van der Waals surface area contributed by atoms with Crippen molar-refractivity contribution >= 4 is 22.0 Å². The van der Waals surface area contributed by atoms with Gasteiger partial charge in [0.1, 0.15) is 0 Å². The van der Waals surface area contributed by atoms with Gasteiger partial charge in [0.2, 0.25) is 0 Å². The summed E-state index contributed by atoms with van der Waals surface area (Å²) in [6, 6.07) is 55.8. The van der Waals surface area contributed by atoms with Gasteiger partial charge in [-0.15, -0.1) is 0 Å². The molecule has 6 aromatic carbocycles. The van der Waals surface area contributed by atoms with Crippen LogP contribution in [0, 0.1) is 11.8 Å². The lowest BCUT2D eigenvalue weighted by Crippen LogP contribution is -2.31. The van der Waals surface area contributed by atoms with Crippen LogP contribution in [0.25, 0.3) is 27.5 Å². The molecule has 0 saturated heterocycles. The van der Waals surface area contributed by atoms with Crippen molar-refractivity contribution in [1.29, 1.82) is 0 Å². The van der Waals surface area contributed by atoms with E-state index in [1.807, 2.05) is 0 Å². The fourth-order valence-corrected chi connectivity index (χ4v) is 9.72. The summed E-state index contributed by atoms with van der Waals surface area (Å²) in [5.74, 6) is 0.259. The Bertz CT molecular complexity index is 2670. The van der Waals surface area contributed by atoms with Gasteiger partial charge in [-0.2, -0.15) is 0 Å². The summed E-state index contributed by atoms with van der Waals surface area (Å²) >= 11 is 0. The molecule has 0 N–H and O–H groups in total. The summed E-state index contributed by atoms with van der Waals surface area (Å²) in [4.78, 5) is 2.52. The summed E-state index contributed by atoms with van der Waals surface area (Å²) in [6.45, 7) is 8.99. The predicted molar refractivity (Wildman–Crippen MR) is 236 cm³/mol. The molecule has 6 aromatic rings. The average molecular weight is 718 g/mol. The normalized spacial score (nSPS) is 19.4. The van der Waals surface area contributed by atoms with E-state index in [-0.39, 0.29) is 11.8 Å². The van der Waals surface area contributed by atoms with Crippen LogP contribution >= 0.6 is 0 Å². The number of fused-ring (bicyclic) bond motifs is 3. The van der Waals surface area contributed by atoms with Crippen molar-refractivity contribution in [3.05, 3.63) is 264 Å². The predicted octanol–water partition coefficient (Wildman–Crippen LogP) is 13.7. The van der Waals surface area contributed by atoms with Crippen LogP contribution in [-0.2, 0) is 5.41 Å². The van der Waals surface area contributed by atoms with Crippen molar-refractivity contribution in [2.75, 3.05) is 4.90 Å². The quantitative estimate of drug-likeness (QED) is 0.159. The molecule has 10 rings (SSSR count). The van der Waals surface area contributed by atoms with Crippen molar-refractivity contribution < 1.29 is 0 Å². The fraction of sp³-hybridized carbons (Fsp3) is 0.0909. The molecule has 2 atom stereocenters. The third-order valence-electron chi connectivity index (χ3n) is 12.3. The molecule has 1 heteroatoms. The molecule has 0 fully saturated rings. The van der Waals surface area contributed by atoms with Gasteiger partial charge in [-0.25, -0.2) is 0 Å². The van der Waals surface area contributed by atoms with Gasteiger partial charge >= 0.3 is 0 Å². The number of nitrogens with zero attached hydrogens (tertiary/aromatic N) is 1. The molecular formula is C55H43N. The molecule has 0 radical (unpaired) electrons. The molecule has 0 spiro atoms. The lowest BCUT2D eigenvalue weighted by atomic mass is 9.66. The van der Waals surface area contributed by atoms with Crippen LogP contribution in [0.3, 0.4) is 0 Å². The van der Waals surface area contributed by atoms with Gasteiger partial charge in [-0.1, -0.05) is 189 Å². The minimum absolute atomic E-state index is 0.101. The Morgan fingerprint density at radius 2 is 1.21 bits per heavy atom. The van der Waals surface area contributed by atoms with Crippen molar-refractivity contribution in [1.82, 2.24) is 0 Å². The molecule has 2 unspecified atom stereocenters. The summed E-state index contributed by atoms with van der Waals surface area (Å²) in [5.41, 5.74) is 15.9. The zero-order valence-electron chi connectivity index (χ0n) is 31.5. The zero-order chi connectivity index (χ0) is 37.6. The summed E-state index contributed by atoms with van der Waals surface area (Å²) in [5, 5.41) is 2.52. The highest BCUT2D eigenvalue weighted by Crippen LogP contribution is 2.58. The van der Waals surface area contributed by atoms with Crippen LogP contribution in [0.1, 0.15) is 35.1 Å². The van der Waals surface area contributed by atoms with Crippen LogP contribution in [-0.4, -0.2) is 0 Å². The number of anilines is 1. The highest BCUT2D eigenvalue weighted by molar-refractivity contribution is 5.97. The second kappa shape index (κ2) is 13.9. The van der Waals surface area contributed by atoms with Crippen LogP contribution in [0.4, 0.5) is 5.69 Å². The average Bonchev–Trinajstić information content (AvgIpc) is 3.56. The van der Waals surface area contributed by atoms with Crippen LogP contribution < -0.4 is 4.90 Å². The molecule has 56 heavy (non-hydrogen) atoms. The molecule has 0 bridgehead atoms. The Hall–Kier alpha value is -6.70. The van der Waals surface area contributed by atoms with Gasteiger partial charge in [0.05, 0.1) is 5.41 Å². The van der Waals surface area contributed by atoms with E-state index in [0.29, 0.717) is 0 Å². The maximum atomic E-state index is 4.54. The summed E-state index contributed by atoms with van der Waals surface area (Å²) < 4.78 is 0. The second-order valence-electron chi connectivity index (χ2n) is 15.3. The Kier molecular flexibility index (Phi) is 8.37. The number of hydrogen-bond acceptors (Lipinski definition) is 1. The van der Waals surface area contributed by atoms with Crippen LogP contribution in [0.15, 0.2) is 242 Å². The Morgan fingerprint density at radius 1 is 0.554 bits per heavy atom.